The predicted molar refractivity (Wildman–Crippen MR) is 152 cm³/mol. The summed E-state index contributed by atoms with van der Waals surface area (Å²) in [5.74, 6) is -0.289. The van der Waals surface area contributed by atoms with E-state index in [9.17, 15) is 9.59 Å². The molecule has 5 nitrogen and oxygen atoms in total. The number of halogens is 4. The van der Waals surface area contributed by atoms with Gasteiger partial charge in [0.15, 0.2) is 4.32 Å². The molecule has 4 rings (SSSR count). The van der Waals surface area contributed by atoms with Crippen LogP contribution < -0.4 is 10.2 Å². The smallest absolute Gasteiger partial charge is 0.285 e. The number of thioether (sulfide) groups is 1. The highest BCUT2D eigenvalue weighted by molar-refractivity contribution is 9.11. The molecule has 1 aliphatic rings. The van der Waals surface area contributed by atoms with Gasteiger partial charge in [0.2, 0.25) is 0 Å². The first-order chi connectivity index (χ1) is 16.7. The van der Waals surface area contributed by atoms with E-state index in [2.05, 4.69) is 37.3 Å². The van der Waals surface area contributed by atoms with Gasteiger partial charge in [-0.05, 0) is 98.2 Å². The van der Waals surface area contributed by atoms with Crippen molar-refractivity contribution >= 4 is 101 Å². The number of benzene rings is 3. The highest BCUT2D eigenvalue weighted by Crippen LogP contribution is 2.38. The molecule has 1 heterocycles. The highest BCUT2D eigenvalue weighted by atomic mass is 79.9. The van der Waals surface area contributed by atoms with Gasteiger partial charge in [-0.2, -0.15) is 5.01 Å². The lowest BCUT2D eigenvalue weighted by Crippen LogP contribution is -2.44. The first kappa shape index (κ1) is 26.2. The van der Waals surface area contributed by atoms with E-state index in [0.29, 0.717) is 41.8 Å². The van der Waals surface area contributed by atoms with E-state index in [4.69, 9.17) is 40.2 Å². The van der Waals surface area contributed by atoms with Gasteiger partial charge in [-0.25, -0.2) is 0 Å². The van der Waals surface area contributed by atoms with Crippen LogP contribution in [0.2, 0.25) is 10.0 Å². The molecule has 0 atom stereocenters. The molecular formula is C24H14Br2Cl2N2O3S2. The average Bonchev–Trinajstić information content (AvgIpc) is 3.07. The molecule has 1 N–H and O–H groups in total. The molecule has 3 aromatic rings. The number of hydrogen-bond acceptors (Lipinski definition) is 5. The Balaban J connectivity index is 1.48. The molecule has 11 heteroatoms. The van der Waals surface area contributed by atoms with Crippen molar-refractivity contribution in [3.63, 3.8) is 0 Å². The molecule has 0 aromatic heterocycles. The first-order valence-corrected chi connectivity index (χ1v) is 13.5. The van der Waals surface area contributed by atoms with Crippen LogP contribution >= 0.6 is 79.0 Å². The van der Waals surface area contributed by atoms with E-state index in [0.717, 1.165) is 27.9 Å². The third-order valence-corrected chi connectivity index (χ3v) is 7.86. The number of hydrogen-bond donors (Lipinski definition) is 1. The van der Waals surface area contributed by atoms with E-state index in [1.807, 2.05) is 36.4 Å². The van der Waals surface area contributed by atoms with E-state index < -0.39 is 11.8 Å². The zero-order valence-electron chi connectivity index (χ0n) is 17.6. The van der Waals surface area contributed by atoms with E-state index in [1.165, 1.54) is 0 Å². The van der Waals surface area contributed by atoms with E-state index in [-0.39, 0.29) is 4.32 Å². The van der Waals surface area contributed by atoms with Crippen LogP contribution in [0.5, 0.6) is 5.75 Å². The molecule has 0 spiro atoms. The Labute approximate surface area is 238 Å². The number of carbonyl (C=O) groups excluding carboxylic acids is 2. The van der Waals surface area contributed by atoms with Gasteiger partial charge in [0.05, 0.1) is 13.9 Å². The molecule has 1 fully saturated rings. The zero-order chi connectivity index (χ0) is 25.1. The van der Waals surface area contributed by atoms with Gasteiger partial charge >= 0.3 is 0 Å². The zero-order valence-corrected chi connectivity index (χ0v) is 23.9. The van der Waals surface area contributed by atoms with Gasteiger partial charge in [0.25, 0.3) is 11.8 Å². The van der Waals surface area contributed by atoms with Crippen molar-refractivity contribution in [1.82, 2.24) is 10.4 Å². The maximum absolute atomic E-state index is 12.9. The van der Waals surface area contributed by atoms with Crippen molar-refractivity contribution < 1.29 is 14.3 Å². The molecule has 35 heavy (non-hydrogen) atoms. The minimum absolute atomic E-state index is 0.224. The van der Waals surface area contributed by atoms with Gasteiger partial charge in [-0.1, -0.05) is 53.2 Å². The molecule has 3 aromatic carbocycles. The molecule has 2 amide bonds. The molecule has 0 unspecified atom stereocenters. The molecule has 1 aliphatic heterocycles. The molecule has 178 valence electrons. The van der Waals surface area contributed by atoms with Crippen LogP contribution in [0, 0.1) is 0 Å². The number of carbonyl (C=O) groups is 2. The average molecular weight is 673 g/mol. The predicted octanol–water partition coefficient (Wildman–Crippen LogP) is 7.64. The number of thiocarbonyl (C=S) groups is 1. The van der Waals surface area contributed by atoms with Gasteiger partial charge in [-0.3, -0.25) is 15.0 Å². The second-order valence-electron chi connectivity index (χ2n) is 7.16. The van der Waals surface area contributed by atoms with Gasteiger partial charge in [0.1, 0.15) is 12.4 Å². The lowest BCUT2D eigenvalue weighted by molar-refractivity contribution is -0.123. The van der Waals surface area contributed by atoms with Crippen LogP contribution in [0.15, 0.2) is 74.5 Å². The summed E-state index contributed by atoms with van der Waals surface area (Å²) in [5, 5.41) is 2.20. The van der Waals surface area contributed by atoms with Crippen LogP contribution in [-0.2, 0) is 11.4 Å². The maximum Gasteiger partial charge on any atom is 0.285 e. The lowest BCUT2D eigenvalue weighted by Gasteiger charge is -2.15. The number of rotatable bonds is 6. The number of ether oxygens (including phenoxy) is 1. The second kappa shape index (κ2) is 11.5. The van der Waals surface area contributed by atoms with Crippen molar-refractivity contribution in [2.75, 3.05) is 0 Å². The third kappa shape index (κ3) is 6.28. The van der Waals surface area contributed by atoms with Crippen molar-refractivity contribution in [3.8, 4) is 5.75 Å². The lowest BCUT2D eigenvalue weighted by atomic mass is 10.2. The largest absolute Gasteiger partial charge is 0.486 e. The monoisotopic (exact) mass is 670 g/mol. The first-order valence-electron chi connectivity index (χ1n) is 9.92. The quantitative estimate of drug-likeness (QED) is 0.216. The van der Waals surface area contributed by atoms with Crippen LogP contribution in [0.1, 0.15) is 21.5 Å². The SMILES string of the molecule is O=C(NN1C(=O)/C(=C\c2cc(Br)c(OCc3ccccc3Cl)c(Br)c2)SC1=S)c1ccc(Cl)cc1. The highest BCUT2D eigenvalue weighted by Gasteiger charge is 2.34. The Morgan fingerprint density at radius 2 is 1.74 bits per heavy atom. The van der Waals surface area contributed by atoms with Gasteiger partial charge in [-0.15, -0.1) is 0 Å². The molecule has 0 bridgehead atoms. The Bertz CT molecular complexity index is 1340. The van der Waals surface area contributed by atoms with Crippen molar-refractivity contribution in [1.29, 1.82) is 0 Å². The maximum atomic E-state index is 12.9. The van der Waals surface area contributed by atoms with Crippen molar-refractivity contribution in [2.45, 2.75) is 6.61 Å². The van der Waals surface area contributed by atoms with Gasteiger partial charge < -0.3 is 4.74 Å². The van der Waals surface area contributed by atoms with Crippen LogP contribution in [0.3, 0.4) is 0 Å². The van der Waals surface area contributed by atoms with Crippen LogP contribution in [0.25, 0.3) is 6.08 Å². The second-order valence-corrected chi connectivity index (χ2v) is 11.4. The standard InChI is InChI=1S/C24H14Br2Cl2N2O3S2/c25-17-9-13(10-18(26)21(17)33-12-15-3-1-2-4-19(15)28)11-20-23(32)30(24(34)35-20)29-22(31)14-5-7-16(27)8-6-14/h1-11H,12H2,(H,29,31)/b20-11+. The summed E-state index contributed by atoms with van der Waals surface area (Å²) in [6.07, 6.45) is 1.70. The van der Waals surface area contributed by atoms with E-state index in [1.54, 1.807) is 30.3 Å². The number of nitrogens with zero attached hydrogens (tertiary/aromatic N) is 1. The summed E-state index contributed by atoms with van der Waals surface area (Å²) in [4.78, 5) is 25.8. The summed E-state index contributed by atoms with van der Waals surface area (Å²) in [6.45, 7) is 0.294. The van der Waals surface area contributed by atoms with Crippen LogP contribution in [0.4, 0.5) is 0 Å². The summed E-state index contributed by atoms with van der Waals surface area (Å²) in [5.41, 5.74) is 4.50. The Kier molecular flexibility index (Phi) is 8.57. The fourth-order valence-corrected chi connectivity index (χ4v) is 6.00. The van der Waals surface area contributed by atoms with Crippen molar-refractivity contribution in [2.24, 2.45) is 0 Å². The summed E-state index contributed by atoms with van der Waals surface area (Å²) in [6, 6.07) is 17.4. The third-order valence-electron chi connectivity index (χ3n) is 4.76. The van der Waals surface area contributed by atoms with Crippen LogP contribution in [-0.4, -0.2) is 21.1 Å². The number of amides is 2. The van der Waals surface area contributed by atoms with Gasteiger partial charge in [0, 0.05) is 21.2 Å². The fraction of sp³-hybridized carbons (Fsp3) is 0.0417. The number of nitrogens with one attached hydrogen (secondary N) is 1. The molecule has 1 saturated heterocycles. The van der Waals surface area contributed by atoms with E-state index >= 15 is 0 Å². The molecule has 0 saturated carbocycles. The molecule has 0 radical (unpaired) electrons. The summed E-state index contributed by atoms with van der Waals surface area (Å²) >= 11 is 25.5. The Morgan fingerprint density at radius 1 is 1.09 bits per heavy atom. The molecule has 0 aliphatic carbocycles. The Hall–Kier alpha value is -1.88. The minimum Gasteiger partial charge on any atom is -0.486 e. The Morgan fingerprint density at radius 3 is 2.40 bits per heavy atom. The molecular weight excluding hydrogens is 659 g/mol. The normalized spacial score (nSPS) is 14.5. The number of hydrazine groups is 1. The van der Waals surface area contributed by atoms with Crippen molar-refractivity contribution in [3.05, 3.63) is 101 Å². The topological polar surface area (TPSA) is 58.6 Å². The summed E-state index contributed by atoms with van der Waals surface area (Å²) in [7, 11) is 0. The summed E-state index contributed by atoms with van der Waals surface area (Å²) < 4.78 is 7.56. The minimum atomic E-state index is -0.468. The fourth-order valence-electron chi connectivity index (χ4n) is 3.05.